The fraction of sp³-hybridized carbons (Fsp3) is 0.318. The lowest BCUT2D eigenvalue weighted by atomic mass is 10.1. The van der Waals surface area contributed by atoms with Gasteiger partial charge in [0.25, 0.3) is 0 Å². The van der Waals surface area contributed by atoms with Gasteiger partial charge >= 0.3 is 0 Å². The lowest BCUT2D eigenvalue weighted by Gasteiger charge is -2.18. The molecular weight excluding hydrogens is 460 g/mol. The van der Waals surface area contributed by atoms with E-state index >= 15 is 0 Å². The Hall–Kier alpha value is -2.89. The minimum atomic E-state index is -3.62. The van der Waals surface area contributed by atoms with Gasteiger partial charge in [0, 0.05) is 24.3 Å². The molecule has 0 saturated heterocycles. The number of hydrogen-bond acceptors (Lipinski definition) is 7. The van der Waals surface area contributed by atoms with Crippen LogP contribution >= 0.6 is 11.8 Å². The predicted octanol–water partition coefficient (Wildman–Crippen LogP) is 3.04. The van der Waals surface area contributed by atoms with E-state index in [-0.39, 0.29) is 16.6 Å². The molecule has 11 heteroatoms. The Balaban J connectivity index is 1.74. The molecule has 1 heterocycles. The minimum Gasteiger partial charge on any atom is -0.335 e. The number of benzene rings is 2. The van der Waals surface area contributed by atoms with Crippen molar-refractivity contribution in [2.45, 2.75) is 37.7 Å². The number of anilines is 1. The molecule has 3 rings (SSSR count). The molecule has 0 unspecified atom stereocenters. The van der Waals surface area contributed by atoms with Crippen LogP contribution in [0.1, 0.15) is 25.0 Å². The maximum Gasteiger partial charge on any atom is 0.243 e. The smallest absolute Gasteiger partial charge is 0.243 e. The number of thioether (sulfide) groups is 1. The number of amides is 1. The van der Waals surface area contributed by atoms with Gasteiger partial charge in [0.05, 0.1) is 10.6 Å². The molecule has 0 bridgehead atoms. The van der Waals surface area contributed by atoms with Crippen molar-refractivity contribution in [1.29, 1.82) is 0 Å². The minimum absolute atomic E-state index is 0.0959. The Morgan fingerprint density at radius 3 is 2.39 bits per heavy atom. The van der Waals surface area contributed by atoms with Crippen LogP contribution in [0.5, 0.6) is 0 Å². The van der Waals surface area contributed by atoms with Crippen molar-refractivity contribution in [3.8, 4) is 11.4 Å². The van der Waals surface area contributed by atoms with E-state index in [9.17, 15) is 13.2 Å². The van der Waals surface area contributed by atoms with Crippen molar-refractivity contribution in [2.24, 2.45) is 0 Å². The second-order valence-corrected chi connectivity index (χ2v) is 10.4. The van der Waals surface area contributed by atoms with Crippen LogP contribution < -0.4 is 11.2 Å². The second-order valence-electron chi connectivity index (χ2n) is 7.51. The quantitative estimate of drug-likeness (QED) is 0.350. The third kappa shape index (κ3) is 5.73. The first-order valence-corrected chi connectivity index (χ1v) is 12.9. The number of carbonyl (C=O) groups excluding carboxylic acids is 1. The summed E-state index contributed by atoms with van der Waals surface area (Å²) in [7, 11) is -3.62. The van der Waals surface area contributed by atoms with Gasteiger partial charge in [0.15, 0.2) is 5.82 Å². The standard InChI is InChI=1S/C22H28N6O3S2/c1-5-27(6-2)33(30,31)19-9-7-8-17(13-19)21-25-26-22(28(21)23)32-14-20(29)24-18-11-15(3)10-16(4)12-18/h7-13H,5-6,14,23H2,1-4H3,(H,24,29). The van der Waals surface area contributed by atoms with Gasteiger partial charge in [-0.3, -0.25) is 4.79 Å². The van der Waals surface area contributed by atoms with Gasteiger partial charge in [0.2, 0.25) is 21.1 Å². The lowest BCUT2D eigenvalue weighted by molar-refractivity contribution is -0.113. The molecule has 3 aromatic rings. The Kier molecular flexibility index (Phi) is 7.77. The number of nitrogens with one attached hydrogen (secondary N) is 1. The van der Waals surface area contributed by atoms with E-state index in [1.807, 2.05) is 32.0 Å². The Labute approximate surface area is 198 Å². The summed E-state index contributed by atoms with van der Waals surface area (Å²) in [6.07, 6.45) is 0. The van der Waals surface area contributed by atoms with E-state index in [2.05, 4.69) is 15.5 Å². The van der Waals surface area contributed by atoms with Gasteiger partial charge in [-0.15, -0.1) is 10.2 Å². The van der Waals surface area contributed by atoms with Crippen molar-refractivity contribution < 1.29 is 13.2 Å². The van der Waals surface area contributed by atoms with Crippen molar-refractivity contribution >= 4 is 33.4 Å². The van der Waals surface area contributed by atoms with Crippen LogP contribution in [0.4, 0.5) is 5.69 Å². The molecule has 9 nitrogen and oxygen atoms in total. The van der Waals surface area contributed by atoms with Crippen molar-refractivity contribution in [3.05, 3.63) is 53.6 Å². The number of nitrogens with zero attached hydrogens (tertiary/aromatic N) is 4. The molecule has 0 fully saturated rings. The van der Waals surface area contributed by atoms with Crippen LogP contribution in [0, 0.1) is 13.8 Å². The van der Waals surface area contributed by atoms with Crippen LogP contribution in [0.3, 0.4) is 0 Å². The van der Waals surface area contributed by atoms with Crippen LogP contribution in [-0.4, -0.2) is 52.3 Å². The molecule has 0 atom stereocenters. The van der Waals surface area contributed by atoms with Gasteiger partial charge in [-0.25, -0.2) is 13.1 Å². The number of rotatable bonds is 9. The first-order chi connectivity index (χ1) is 15.6. The van der Waals surface area contributed by atoms with Gasteiger partial charge in [-0.2, -0.15) is 4.31 Å². The topological polar surface area (TPSA) is 123 Å². The molecular formula is C22H28N6O3S2. The van der Waals surface area contributed by atoms with E-state index < -0.39 is 10.0 Å². The van der Waals surface area contributed by atoms with E-state index in [0.29, 0.717) is 29.6 Å². The SMILES string of the molecule is CCN(CC)S(=O)(=O)c1cccc(-c2nnc(SCC(=O)Nc3cc(C)cc(C)c3)n2N)c1. The molecule has 0 saturated carbocycles. The lowest BCUT2D eigenvalue weighted by Crippen LogP contribution is -2.30. The Morgan fingerprint density at radius 2 is 1.76 bits per heavy atom. The first-order valence-electron chi connectivity index (χ1n) is 10.5. The number of hydrogen-bond donors (Lipinski definition) is 2. The molecule has 3 N–H and O–H groups in total. The highest BCUT2D eigenvalue weighted by Crippen LogP contribution is 2.25. The van der Waals surface area contributed by atoms with Gasteiger partial charge in [-0.05, 0) is 49.2 Å². The number of sulfonamides is 1. The summed E-state index contributed by atoms with van der Waals surface area (Å²) >= 11 is 1.15. The summed E-state index contributed by atoms with van der Waals surface area (Å²) < 4.78 is 28.3. The van der Waals surface area contributed by atoms with Gasteiger partial charge in [0.1, 0.15) is 0 Å². The van der Waals surface area contributed by atoms with E-state index in [4.69, 9.17) is 5.84 Å². The summed E-state index contributed by atoms with van der Waals surface area (Å²) in [5, 5.41) is 11.4. The zero-order chi connectivity index (χ0) is 24.2. The van der Waals surface area contributed by atoms with Gasteiger partial charge < -0.3 is 11.2 Å². The highest BCUT2D eigenvalue weighted by Gasteiger charge is 2.23. The highest BCUT2D eigenvalue weighted by molar-refractivity contribution is 7.99. The Bertz CT molecular complexity index is 1230. The van der Waals surface area contributed by atoms with Crippen molar-refractivity contribution in [2.75, 3.05) is 30.0 Å². The van der Waals surface area contributed by atoms with Gasteiger partial charge in [-0.1, -0.05) is 43.8 Å². The summed E-state index contributed by atoms with van der Waals surface area (Å²) in [4.78, 5) is 12.5. The molecule has 0 aliphatic heterocycles. The van der Waals surface area contributed by atoms with E-state index in [0.717, 1.165) is 28.6 Å². The summed E-state index contributed by atoms with van der Waals surface area (Å²) in [5.41, 5.74) is 3.38. The average Bonchev–Trinajstić information content (AvgIpc) is 3.12. The number of nitrogens with two attached hydrogens (primary N) is 1. The normalized spacial score (nSPS) is 11.7. The fourth-order valence-electron chi connectivity index (χ4n) is 3.45. The third-order valence-corrected chi connectivity index (χ3v) is 7.93. The zero-order valence-corrected chi connectivity index (χ0v) is 20.7. The first kappa shape index (κ1) is 24.7. The maximum atomic E-state index is 12.8. The summed E-state index contributed by atoms with van der Waals surface area (Å²) in [6.45, 7) is 8.28. The van der Waals surface area contributed by atoms with Crippen LogP contribution in [-0.2, 0) is 14.8 Å². The molecule has 0 aliphatic carbocycles. The fourth-order valence-corrected chi connectivity index (χ4v) is 5.62. The molecule has 33 heavy (non-hydrogen) atoms. The zero-order valence-electron chi connectivity index (χ0n) is 19.1. The molecule has 176 valence electrons. The predicted molar refractivity (Wildman–Crippen MR) is 131 cm³/mol. The Morgan fingerprint density at radius 1 is 1.09 bits per heavy atom. The number of aryl methyl sites for hydroxylation is 2. The van der Waals surface area contributed by atoms with Crippen molar-refractivity contribution in [3.63, 3.8) is 0 Å². The third-order valence-electron chi connectivity index (χ3n) is 4.94. The summed E-state index contributed by atoms with van der Waals surface area (Å²) in [5.74, 6) is 6.38. The molecule has 2 aromatic carbocycles. The molecule has 1 aromatic heterocycles. The number of carbonyl (C=O) groups is 1. The van der Waals surface area contributed by atoms with Crippen LogP contribution in [0.25, 0.3) is 11.4 Å². The number of nitrogen functional groups attached to an aromatic ring is 1. The molecule has 0 radical (unpaired) electrons. The molecule has 1 amide bonds. The van der Waals surface area contributed by atoms with E-state index in [1.54, 1.807) is 32.0 Å². The highest BCUT2D eigenvalue weighted by atomic mass is 32.2. The van der Waals surface area contributed by atoms with E-state index in [1.165, 1.54) is 15.0 Å². The largest absolute Gasteiger partial charge is 0.335 e. The maximum absolute atomic E-state index is 12.8. The monoisotopic (exact) mass is 488 g/mol. The van der Waals surface area contributed by atoms with Crippen molar-refractivity contribution in [1.82, 2.24) is 19.2 Å². The number of aromatic nitrogens is 3. The molecule has 0 aliphatic rings. The average molecular weight is 489 g/mol. The second kappa shape index (κ2) is 10.4. The summed E-state index contributed by atoms with van der Waals surface area (Å²) in [6, 6.07) is 12.3. The molecule has 0 spiro atoms. The van der Waals surface area contributed by atoms with Crippen LogP contribution in [0.2, 0.25) is 0 Å². The van der Waals surface area contributed by atoms with Crippen LogP contribution in [0.15, 0.2) is 52.5 Å².